The Morgan fingerprint density at radius 1 is 0.581 bits per heavy atom. The van der Waals surface area contributed by atoms with Crippen molar-refractivity contribution in [3.05, 3.63) is 60.8 Å². The van der Waals surface area contributed by atoms with E-state index in [1.54, 1.807) is 6.08 Å². The molecule has 1 amide bonds. The fourth-order valence-electron chi connectivity index (χ4n) is 7.24. The zero-order valence-corrected chi connectivity index (χ0v) is 37.6. The molecule has 12 atom stereocenters. The summed E-state index contributed by atoms with van der Waals surface area (Å²) in [6.45, 7) is 2.62. The van der Waals surface area contributed by atoms with E-state index in [9.17, 15) is 45.6 Å². The standard InChI is InChI=1S/C48H83NO13/c1-3-5-7-9-11-13-15-16-17-18-19-20-22-24-26-28-30-32-40(53)49-36(37(52)31-29-27-25-23-21-14-12-10-8-6-4-2)35-59-47-45(58)43(56)46(39(34-51)61-47)62-48-44(57)42(55)41(54)38(33-50)60-48/h8,10-11,13,16-17,21,23,29,31,36-39,41-48,50-52,54-58H,3-7,9,12,14-15,18-20,22,24-28,30,32-35H2,1-2H3,(H,49,53)/b10-8+,13-11-,17-16-,23-21+,31-29+. The molecular weight excluding hydrogens is 799 g/mol. The van der Waals surface area contributed by atoms with Crippen LogP contribution in [0.4, 0.5) is 0 Å². The van der Waals surface area contributed by atoms with Gasteiger partial charge in [-0.1, -0.05) is 126 Å². The second-order valence-corrected chi connectivity index (χ2v) is 16.5. The molecule has 0 aromatic carbocycles. The average molecular weight is 882 g/mol. The van der Waals surface area contributed by atoms with Crippen molar-refractivity contribution in [1.29, 1.82) is 0 Å². The van der Waals surface area contributed by atoms with Gasteiger partial charge in [0, 0.05) is 6.42 Å². The van der Waals surface area contributed by atoms with E-state index in [1.165, 1.54) is 38.5 Å². The van der Waals surface area contributed by atoms with Crippen LogP contribution in [0, 0.1) is 0 Å². The molecule has 12 unspecified atom stereocenters. The Labute approximate surface area is 371 Å². The second kappa shape index (κ2) is 35.0. The molecule has 62 heavy (non-hydrogen) atoms. The maximum atomic E-state index is 13.1. The normalized spacial score (nSPS) is 28.3. The summed E-state index contributed by atoms with van der Waals surface area (Å²) < 4.78 is 22.6. The number of ether oxygens (including phenoxy) is 4. The van der Waals surface area contributed by atoms with E-state index in [-0.39, 0.29) is 18.9 Å². The van der Waals surface area contributed by atoms with Crippen molar-refractivity contribution in [1.82, 2.24) is 5.32 Å². The molecule has 358 valence electrons. The molecule has 0 aliphatic carbocycles. The number of aliphatic hydroxyl groups excluding tert-OH is 8. The molecular formula is C48H83NO13. The van der Waals surface area contributed by atoms with Crippen LogP contribution >= 0.6 is 0 Å². The highest BCUT2D eigenvalue weighted by Gasteiger charge is 2.50. The molecule has 2 fully saturated rings. The summed E-state index contributed by atoms with van der Waals surface area (Å²) in [5.74, 6) is -0.268. The van der Waals surface area contributed by atoms with Crippen LogP contribution in [0.5, 0.6) is 0 Å². The first kappa shape index (κ1) is 55.8. The van der Waals surface area contributed by atoms with Crippen molar-refractivity contribution >= 4 is 5.91 Å². The van der Waals surface area contributed by atoms with E-state index in [0.29, 0.717) is 12.8 Å². The van der Waals surface area contributed by atoms with E-state index in [0.717, 1.165) is 70.6 Å². The molecule has 0 spiro atoms. The fraction of sp³-hybridized carbons (Fsp3) is 0.771. The van der Waals surface area contributed by atoms with E-state index in [2.05, 4.69) is 67.8 Å². The Hall–Kier alpha value is -2.31. The molecule has 0 aromatic rings. The van der Waals surface area contributed by atoms with Gasteiger partial charge in [0.05, 0.1) is 32.0 Å². The van der Waals surface area contributed by atoms with Gasteiger partial charge in [-0.15, -0.1) is 0 Å². The van der Waals surface area contributed by atoms with Gasteiger partial charge in [-0.05, 0) is 70.6 Å². The lowest BCUT2D eigenvalue weighted by Gasteiger charge is -2.46. The molecule has 0 saturated carbocycles. The number of carbonyl (C=O) groups excluding carboxylic acids is 1. The topological polar surface area (TPSA) is 228 Å². The van der Waals surface area contributed by atoms with Crippen LogP contribution in [-0.4, -0.2) is 140 Å². The number of rotatable bonds is 34. The predicted octanol–water partition coefficient (Wildman–Crippen LogP) is 5.10. The van der Waals surface area contributed by atoms with Gasteiger partial charge in [-0.25, -0.2) is 0 Å². The number of hydrogen-bond acceptors (Lipinski definition) is 13. The number of carbonyl (C=O) groups is 1. The third-order valence-corrected chi connectivity index (χ3v) is 11.1. The highest BCUT2D eigenvalue weighted by molar-refractivity contribution is 5.76. The smallest absolute Gasteiger partial charge is 0.220 e. The first-order valence-corrected chi connectivity index (χ1v) is 23.5. The van der Waals surface area contributed by atoms with Crippen molar-refractivity contribution < 1.29 is 64.6 Å². The molecule has 14 nitrogen and oxygen atoms in total. The first-order valence-electron chi connectivity index (χ1n) is 23.5. The Balaban J connectivity index is 1.89. The van der Waals surface area contributed by atoms with Crippen LogP contribution in [-0.2, 0) is 23.7 Å². The number of aliphatic hydroxyl groups is 8. The van der Waals surface area contributed by atoms with E-state index >= 15 is 0 Å². The van der Waals surface area contributed by atoms with Crippen molar-refractivity contribution in [3.8, 4) is 0 Å². The third-order valence-electron chi connectivity index (χ3n) is 11.1. The fourth-order valence-corrected chi connectivity index (χ4v) is 7.24. The van der Waals surface area contributed by atoms with Crippen LogP contribution < -0.4 is 5.32 Å². The molecule has 2 aliphatic rings. The molecule has 0 radical (unpaired) electrons. The lowest BCUT2D eigenvalue weighted by Crippen LogP contribution is -2.65. The van der Waals surface area contributed by atoms with Gasteiger partial charge in [0.15, 0.2) is 12.6 Å². The maximum absolute atomic E-state index is 13.1. The minimum Gasteiger partial charge on any atom is -0.394 e. The molecule has 2 saturated heterocycles. The number of unbranched alkanes of at least 4 members (excludes halogenated alkanes) is 13. The zero-order chi connectivity index (χ0) is 45.4. The summed E-state index contributed by atoms with van der Waals surface area (Å²) in [6.07, 6.45) is 24.1. The average Bonchev–Trinajstić information content (AvgIpc) is 3.27. The summed E-state index contributed by atoms with van der Waals surface area (Å²) in [6, 6.07) is -0.941. The minimum absolute atomic E-state index is 0.258. The highest BCUT2D eigenvalue weighted by Crippen LogP contribution is 2.30. The maximum Gasteiger partial charge on any atom is 0.220 e. The zero-order valence-electron chi connectivity index (χ0n) is 37.6. The van der Waals surface area contributed by atoms with Crippen LogP contribution in [0.2, 0.25) is 0 Å². The lowest BCUT2D eigenvalue weighted by molar-refractivity contribution is -0.359. The van der Waals surface area contributed by atoms with Gasteiger partial charge in [-0.3, -0.25) is 4.79 Å². The van der Waals surface area contributed by atoms with Crippen molar-refractivity contribution in [2.75, 3.05) is 19.8 Å². The van der Waals surface area contributed by atoms with Gasteiger partial charge in [0.2, 0.25) is 5.91 Å². The Morgan fingerprint density at radius 3 is 1.73 bits per heavy atom. The van der Waals surface area contributed by atoms with Gasteiger partial charge < -0.3 is 65.1 Å². The van der Waals surface area contributed by atoms with Crippen LogP contribution in [0.3, 0.4) is 0 Å². The summed E-state index contributed by atoms with van der Waals surface area (Å²) in [4.78, 5) is 13.1. The van der Waals surface area contributed by atoms with E-state index in [4.69, 9.17) is 18.9 Å². The Kier molecular flexibility index (Phi) is 31.5. The number of hydrogen-bond donors (Lipinski definition) is 9. The molecule has 0 aromatic heterocycles. The summed E-state index contributed by atoms with van der Waals surface area (Å²) in [7, 11) is 0. The summed E-state index contributed by atoms with van der Waals surface area (Å²) in [5.41, 5.74) is 0. The second-order valence-electron chi connectivity index (χ2n) is 16.5. The molecule has 2 heterocycles. The van der Waals surface area contributed by atoms with Crippen LogP contribution in [0.15, 0.2) is 60.8 Å². The van der Waals surface area contributed by atoms with Gasteiger partial charge in [0.25, 0.3) is 0 Å². The summed E-state index contributed by atoms with van der Waals surface area (Å²) in [5, 5.41) is 86.4. The number of amides is 1. The van der Waals surface area contributed by atoms with Gasteiger partial charge in [-0.2, -0.15) is 0 Å². The Bertz CT molecular complexity index is 1270. The number of nitrogens with one attached hydrogen (secondary N) is 1. The van der Waals surface area contributed by atoms with Gasteiger partial charge in [0.1, 0.15) is 48.8 Å². The molecule has 2 rings (SSSR count). The van der Waals surface area contributed by atoms with Crippen LogP contribution in [0.1, 0.15) is 142 Å². The molecule has 2 aliphatic heterocycles. The van der Waals surface area contributed by atoms with E-state index in [1.807, 2.05) is 6.08 Å². The quantitative estimate of drug-likeness (QED) is 0.0304. The minimum atomic E-state index is -1.79. The van der Waals surface area contributed by atoms with Crippen molar-refractivity contribution in [2.24, 2.45) is 0 Å². The lowest BCUT2D eigenvalue weighted by atomic mass is 9.97. The SMILES string of the molecule is CCC/C=C/CC/C=C/CC/C=C/C(O)C(COC1OC(CO)C(OC2OC(CO)C(O)C(O)C2O)C(O)C1O)NC(=O)CCCCCCCCC/C=C\C/C=C\CCCCC. The van der Waals surface area contributed by atoms with Gasteiger partial charge >= 0.3 is 0 Å². The van der Waals surface area contributed by atoms with Crippen molar-refractivity contribution in [3.63, 3.8) is 0 Å². The molecule has 9 N–H and O–H groups in total. The highest BCUT2D eigenvalue weighted by atomic mass is 16.7. The van der Waals surface area contributed by atoms with Crippen LogP contribution in [0.25, 0.3) is 0 Å². The Morgan fingerprint density at radius 2 is 1.11 bits per heavy atom. The molecule has 0 bridgehead atoms. The molecule has 14 heteroatoms. The number of allylic oxidation sites excluding steroid dienone is 9. The summed E-state index contributed by atoms with van der Waals surface area (Å²) >= 11 is 0. The monoisotopic (exact) mass is 882 g/mol. The first-order chi connectivity index (χ1) is 30.1. The van der Waals surface area contributed by atoms with E-state index < -0.39 is 86.8 Å². The third kappa shape index (κ3) is 22.5. The largest absolute Gasteiger partial charge is 0.394 e. The predicted molar refractivity (Wildman–Crippen MR) is 240 cm³/mol. The van der Waals surface area contributed by atoms with Crippen molar-refractivity contribution in [2.45, 2.75) is 216 Å².